The van der Waals surface area contributed by atoms with Crippen LogP contribution in [0.5, 0.6) is 0 Å². The summed E-state index contributed by atoms with van der Waals surface area (Å²) in [7, 11) is 0. The van der Waals surface area contributed by atoms with Gasteiger partial charge in [-0.1, -0.05) is 0 Å². The molecule has 4 atom stereocenters. The molecule has 0 aromatic rings. The molecule has 0 bridgehead atoms. The van der Waals surface area contributed by atoms with Gasteiger partial charge >= 0.3 is 0 Å². The van der Waals surface area contributed by atoms with E-state index in [0.717, 1.165) is 5.31 Å². The number of hydrogen-bond donors (Lipinski definition) is 5. The summed E-state index contributed by atoms with van der Waals surface area (Å²) in [4.78, 5) is 0. The second-order valence-electron chi connectivity index (χ2n) is 2.66. The molecule has 0 unspecified atom stereocenters. The summed E-state index contributed by atoms with van der Waals surface area (Å²) in [5.74, 6) is 0. The van der Waals surface area contributed by atoms with Gasteiger partial charge in [0.1, 0.15) is 1.41 Å². The summed E-state index contributed by atoms with van der Waals surface area (Å²) in [5.41, 5.74) is 0. The summed E-state index contributed by atoms with van der Waals surface area (Å²) in [6, 6.07) is -0.898. The van der Waals surface area contributed by atoms with Crippen molar-refractivity contribution in [2.24, 2.45) is 0 Å². The Morgan fingerprint density at radius 3 is 2.64 bits per heavy atom. The van der Waals surface area contributed by atoms with E-state index in [-0.39, 0.29) is 6.54 Å². The summed E-state index contributed by atoms with van der Waals surface area (Å²) in [6.45, 7) is -0.535. The van der Waals surface area contributed by atoms with Gasteiger partial charge in [0, 0.05) is 6.54 Å². The Labute approximate surface area is 65.7 Å². The van der Waals surface area contributed by atoms with Gasteiger partial charge < -0.3 is 25.7 Å². The van der Waals surface area contributed by atoms with Crippen LogP contribution in [-0.2, 0) is 0 Å². The fourth-order valence-electron chi connectivity index (χ4n) is 1.13. The lowest BCUT2D eigenvalue weighted by molar-refractivity contribution is -0.00977. The smallest absolute Gasteiger partial charge is 0.123 e. The van der Waals surface area contributed by atoms with Gasteiger partial charge in [-0.25, -0.2) is 0 Å². The Morgan fingerprint density at radius 1 is 1.64 bits per heavy atom. The molecule has 5 N–H and O–H groups in total. The first-order valence-corrected chi connectivity index (χ1v) is 3.48. The Morgan fingerprint density at radius 2 is 2.27 bits per heavy atom. The van der Waals surface area contributed by atoms with Crippen LogP contribution in [0, 0.1) is 0 Å². The highest BCUT2D eigenvalue weighted by Gasteiger charge is 2.36. The molecule has 0 aromatic heterocycles. The van der Waals surface area contributed by atoms with Crippen molar-refractivity contribution >= 4 is 0 Å². The zero-order valence-corrected chi connectivity index (χ0v) is 5.96. The van der Waals surface area contributed by atoms with E-state index >= 15 is 0 Å². The zero-order valence-electron chi connectivity index (χ0n) is 6.96. The second-order valence-corrected chi connectivity index (χ2v) is 2.66. The number of aliphatic hydroxyl groups excluding tert-OH is 4. The molecule has 1 fully saturated rings. The second kappa shape index (κ2) is 3.46. The summed E-state index contributed by atoms with van der Waals surface area (Å²) in [5, 5.41) is 36.9. The molecular weight excluding hydrogens is 150 g/mol. The molecule has 1 heterocycles. The number of nitrogens with one attached hydrogen (secondary N) is 1. The van der Waals surface area contributed by atoms with Crippen LogP contribution in [-0.4, -0.2) is 57.9 Å². The summed E-state index contributed by atoms with van der Waals surface area (Å²) >= 11 is 0. The normalized spacial score (nSPS) is 44.0. The van der Waals surface area contributed by atoms with E-state index in [9.17, 15) is 5.11 Å². The van der Waals surface area contributed by atoms with Crippen LogP contribution >= 0.6 is 0 Å². The van der Waals surface area contributed by atoms with E-state index < -0.39 is 31.0 Å². The van der Waals surface area contributed by atoms with Gasteiger partial charge in [-0.15, -0.1) is 0 Å². The number of hydrogen-bond acceptors (Lipinski definition) is 5. The van der Waals surface area contributed by atoms with Crippen molar-refractivity contribution in [3.63, 3.8) is 0 Å². The van der Waals surface area contributed by atoms with Crippen molar-refractivity contribution in [3.05, 3.63) is 0 Å². The van der Waals surface area contributed by atoms with Crippen molar-refractivity contribution in [1.82, 2.24) is 5.31 Å². The number of rotatable bonds is 2. The number of β-amino-alcohol motifs (C(OH)–C–C–N with tert-alkyl or cyclic N) is 1. The maximum atomic E-state index is 9.25. The molecule has 0 radical (unpaired) electrons. The van der Waals surface area contributed by atoms with E-state index in [2.05, 4.69) is 0 Å². The molecule has 0 spiro atoms. The molecule has 0 saturated carbocycles. The standard InChI is InChI=1S/C6H13NO4/c8-2-4(10)5-6(11)3(9)1-7-5/h3-11H,1-2H2/t3-,4+,5+,6+/m0/s1/i/hD. The highest BCUT2D eigenvalue weighted by Crippen LogP contribution is 2.10. The summed E-state index contributed by atoms with van der Waals surface area (Å²) in [6.07, 6.45) is -3.37. The van der Waals surface area contributed by atoms with Crippen LogP contribution in [0.2, 0.25) is 1.41 Å². The fraction of sp³-hybridized carbons (Fsp3) is 1.00. The van der Waals surface area contributed by atoms with Crippen molar-refractivity contribution < 1.29 is 21.8 Å². The first-order chi connectivity index (χ1) is 5.57. The minimum absolute atomic E-state index is 0.0110. The highest BCUT2D eigenvalue weighted by atomic mass is 16.3. The van der Waals surface area contributed by atoms with Crippen LogP contribution in [0.25, 0.3) is 0 Å². The Bertz CT molecular complexity index is 154. The Hall–Kier alpha value is -0.200. The molecule has 66 valence electrons. The molecule has 0 aromatic carbocycles. The van der Waals surface area contributed by atoms with Gasteiger partial charge in [-0.3, -0.25) is 0 Å². The Balaban J connectivity index is 2.62. The van der Waals surface area contributed by atoms with Gasteiger partial charge in [0.2, 0.25) is 0 Å². The molecule has 1 rings (SSSR count). The predicted molar refractivity (Wildman–Crippen MR) is 36.9 cm³/mol. The first kappa shape index (κ1) is 7.45. The van der Waals surface area contributed by atoms with Crippen LogP contribution < -0.4 is 5.31 Å². The largest absolute Gasteiger partial charge is 0.394 e. The first-order valence-electron chi connectivity index (χ1n) is 3.93. The van der Waals surface area contributed by atoms with Crippen LogP contribution in [0.1, 0.15) is 0 Å². The maximum Gasteiger partial charge on any atom is 0.123 e. The summed E-state index contributed by atoms with van der Waals surface area (Å²) < 4.78 is 7.23. The minimum atomic E-state index is -1.19. The molecule has 5 nitrogen and oxygen atoms in total. The molecule has 5 heteroatoms. The molecular formula is C6H13NO4. The molecule has 0 amide bonds. The van der Waals surface area contributed by atoms with E-state index in [1.54, 1.807) is 0 Å². The third-order valence-corrected chi connectivity index (χ3v) is 1.83. The van der Waals surface area contributed by atoms with E-state index in [1.165, 1.54) is 0 Å². The molecule has 1 saturated heterocycles. The van der Waals surface area contributed by atoms with Crippen LogP contribution in [0.3, 0.4) is 0 Å². The van der Waals surface area contributed by atoms with E-state index in [1.807, 2.05) is 0 Å². The topological polar surface area (TPSA) is 93.0 Å². The fourth-order valence-corrected chi connectivity index (χ4v) is 1.13. The zero-order chi connectivity index (χ0) is 9.30. The van der Waals surface area contributed by atoms with Crippen LogP contribution in [0.4, 0.5) is 0 Å². The van der Waals surface area contributed by atoms with Gasteiger partial charge in [0.15, 0.2) is 0 Å². The van der Waals surface area contributed by atoms with Gasteiger partial charge in [0.25, 0.3) is 0 Å². The third-order valence-electron chi connectivity index (χ3n) is 1.83. The minimum Gasteiger partial charge on any atom is -0.394 e. The average molecular weight is 164 g/mol. The molecule has 0 aliphatic carbocycles. The SMILES string of the molecule is [2H]N1C[C@H](O)[C@@H](O)[C@H]1[C@H](O)CO. The van der Waals surface area contributed by atoms with Crippen LogP contribution in [0.15, 0.2) is 0 Å². The lowest BCUT2D eigenvalue weighted by Crippen LogP contribution is -2.44. The van der Waals surface area contributed by atoms with Gasteiger partial charge in [-0.05, 0) is 0 Å². The number of aliphatic hydroxyl groups is 4. The van der Waals surface area contributed by atoms with Gasteiger partial charge in [-0.2, -0.15) is 0 Å². The monoisotopic (exact) mass is 164 g/mol. The van der Waals surface area contributed by atoms with E-state index in [4.69, 9.17) is 16.7 Å². The average Bonchev–Trinajstić information content (AvgIpc) is 2.26. The van der Waals surface area contributed by atoms with Gasteiger partial charge in [0.05, 0.1) is 31.0 Å². The Kier molecular flexibility index (Phi) is 2.35. The maximum absolute atomic E-state index is 9.25. The molecule has 1 aliphatic rings. The molecule has 11 heavy (non-hydrogen) atoms. The van der Waals surface area contributed by atoms with Crippen molar-refractivity contribution in [1.29, 1.82) is 0 Å². The predicted octanol–water partition coefficient (Wildman–Crippen LogP) is -2.97. The lowest BCUT2D eigenvalue weighted by Gasteiger charge is -2.19. The lowest BCUT2D eigenvalue weighted by atomic mass is 10.1. The van der Waals surface area contributed by atoms with Crippen molar-refractivity contribution in [2.45, 2.75) is 24.4 Å². The highest BCUT2D eigenvalue weighted by molar-refractivity contribution is 4.94. The van der Waals surface area contributed by atoms with Crippen molar-refractivity contribution in [3.8, 4) is 0 Å². The quantitative estimate of drug-likeness (QED) is 0.300. The van der Waals surface area contributed by atoms with Crippen molar-refractivity contribution in [2.75, 3.05) is 13.2 Å². The molecule has 1 aliphatic heterocycles. The van der Waals surface area contributed by atoms with E-state index in [0.29, 0.717) is 0 Å². The third kappa shape index (κ3) is 1.69.